The second-order valence-electron chi connectivity index (χ2n) is 8.78. The van der Waals surface area contributed by atoms with Gasteiger partial charge in [-0.2, -0.15) is 9.61 Å². The van der Waals surface area contributed by atoms with E-state index in [1.807, 2.05) is 60.7 Å². The van der Waals surface area contributed by atoms with Crippen LogP contribution < -0.4 is 4.90 Å². The molecule has 5 heterocycles. The number of anilines is 1. The van der Waals surface area contributed by atoms with Crippen LogP contribution in [-0.4, -0.2) is 55.5 Å². The summed E-state index contributed by atoms with van der Waals surface area (Å²) in [6.45, 7) is 2.04. The van der Waals surface area contributed by atoms with Crippen LogP contribution in [0.5, 0.6) is 0 Å². The first-order valence-corrected chi connectivity index (χ1v) is 11.5. The maximum absolute atomic E-state index is 11.9. The molecule has 1 atom stereocenters. The predicted octanol–water partition coefficient (Wildman–Crippen LogP) is 3.99. The molecule has 0 aliphatic carbocycles. The van der Waals surface area contributed by atoms with Gasteiger partial charge in [0.15, 0.2) is 5.65 Å². The van der Waals surface area contributed by atoms with E-state index in [0.29, 0.717) is 24.5 Å². The molecule has 2 aromatic heterocycles. The fourth-order valence-corrected chi connectivity index (χ4v) is 4.74. The Labute approximate surface area is 201 Å². The summed E-state index contributed by atoms with van der Waals surface area (Å²) in [5.74, 6) is 0.542. The average molecular weight is 469 g/mol. The third-order valence-electron chi connectivity index (χ3n) is 6.51. The molecule has 0 bridgehead atoms. The van der Waals surface area contributed by atoms with Gasteiger partial charge in [0.05, 0.1) is 24.5 Å². The van der Waals surface area contributed by atoms with Crippen molar-refractivity contribution >= 4 is 17.4 Å². The Hall–Kier alpha value is -4.24. The van der Waals surface area contributed by atoms with Crippen LogP contribution in [0.1, 0.15) is 28.4 Å². The first-order chi connectivity index (χ1) is 17.1. The standard InChI is InChI=1S/C26H24N6O3/c1-30(15-17-6-3-2-4-7-17)23-12-22(29-25-21(26(33)34)14-28-32(23)25)20-13-27-24-19(20)8-5-10-31(24)18-9-11-35-16-18/h2-8,10,12-14,18H,9,11,15-16H2,1H3,(H,33,34)/t18-/m0/s1. The molecule has 1 aromatic carbocycles. The molecule has 0 radical (unpaired) electrons. The van der Waals surface area contributed by atoms with Gasteiger partial charge in [-0.3, -0.25) is 0 Å². The Balaban J connectivity index is 1.48. The van der Waals surface area contributed by atoms with Crippen molar-refractivity contribution in [2.45, 2.75) is 19.0 Å². The Kier molecular flexibility index (Phi) is 5.18. The number of pyridine rings is 1. The van der Waals surface area contributed by atoms with Crippen LogP contribution in [0.15, 0.2) is 67.1 Å². The Bertz CT molecular complexity index is 1490. The minimum Gasteiger partial charge on any atom is -0.477 e. The van der Waals surface area contributed by atoms with Gasteiger partial charge in [-0.05, 0) is 24.1 Å². The van der Waals surface area contributed by atoms with Crippen molar-refractivity contribution < 1.29 is 14.6 Å². The Morgan fingerprint density at radius 3 is 2.80 bits per heavy atom. The van der Waals surface area contributed by atoms with E-state index in [2.05, 4.69) is 21.8 Å². The number of carboxylic acid groups (broad SMARTS) is 1. The summed E-state index contributed by atoms with van der Waals surface area (Å²) < 4.78 is 9.33. The second kappa shape index (κ2) is 8.52. The third-order valence-corrected chi connectivity index (χ3v) is 6.51. The number of carboxylic acids is 1. The van der Waals surface area contributed by atoms with Gasteiger partial charge >= 0.3 is 5.97 Å². The SMILES string of the molecule is CN(Cc1ccccc1)c1cc(-c2cnc3n([C@H]4CCOC4)cccc2-3)nc2c(C(=O)O)cnn12. The molecule has 176 valence electrons. The lowest BCUT2D eigenvalue weighted by Gasteiger charge is -2.21. The lowest BCUT2D eigenvalue weighted by atomic mass is 10.1. The van der Waals surface area contributed by atoms with Crippen molar-refractivity contribution in [2.24, 2.45) is 0 Å². The number of aromatic carboxylic acids is 1. The van der Waals surface area contributed by atoms with E-state index in [9.17, 15) is 9.90 Å². The first-order valence-electron chi connectivity index (χ1n) is 11.5. The molecule has 0 saturated carbocycles. The molecule has 6 rings (SSSR count). The van der Waals surface area contributed by atoms with Gasteiger partial charge in [-0.25, -0.2) is 14.8 Å². The smallest absolute Gasteiger partial charge is 0.341 e. The third kappa shape index (κ3) is 3.70. The van der Waals surface area contributed by atoms with E-state index in [1.165, 1.54) is 6.20 Å². The first kappa shape index (κ1) is 21.3. The van der Waals surface area contributed by atoms with Crippen molar-refractivity contribution in [3.05, 3.63) is 78.2 Å². The number of benzene rings is 1. The molecule has 1 saturated heterocycles. The molecule has 1 N–H and O–H groups in total. The summed E-state index contributed by atoms with van der Waals surface area (Å²) in [5, 5.41) is 14.1. The van der Waals surface area contributed by atoms with Gasteiger partial charge in [-0.15, -0.1) is 0 Å². The van der Waals surface area contributed by atoms with Crippen LogP contribution in [0.25, 0.3) is 28.3 Å². The van der Waals surface area contributed by atoms with Crippen LogP contribution in [0.2, 0.25) is 0 Å². The van der Waals surface area contributed by atoms with Crippen molar-refractivity contribution in [1.29, 1.82) is 0 Å². The van der Waals surface area contributed by atoms with Crippen molar-refractivity contribution in [2.75, 3.05) is 25.2 Å². The fourth-order valence-electron chi connectivity index (χ4n) is 4.74. The number of ether oxygens (including phenoxy) is 1. The van der Waals surface area contributed by atoms with E-state index in [0.717, 1.165) is 41.4 Å². The number of fused-ring (bicyclic) bond motifs is 2. The zero-order chi connectivity index (χ0) is 23.9. The zero-order valence-electron chi connectivity index (χ0n) is 19.2. The van der Waals surface area contributed by atoms with E-state index < -0.39 is 5.97 Å². The van der Waals surface area contributed by atoms with Crippen LogP contribution in [0.3, 0.4) is 0 Å². The number of aromatic nitrogens is 5. The highest BCUT2D eigenvalue weighted by Gasteiger charge is 2.25. The molecule has 0 unspecified atom stereocenters. The molecular weight excluding hydrogens is 444 g/mol. The number of hydrogen-bond acceptors (Lipinski definition) is 6. The highest BCUT2D eigenvalue weighted by molar-refractivity contribution is 5.95. The van der Waals surface area contributed by atoms with Gasteiger partial charge in [0.25, 0.3) is 0 Å². The normalized spacial score (nSPS) is 15.7. The monoisotopic (exact) mass is 468 g/mol. The highest BCUT2D eigenvalue weighted by atomic mass is 16.5. The molecule has 3 aromatic rings. The molecule has 0 amide bonds. The lowest BCUT2D eigenvalue weighted by Crippen LogP contribution is -2.20. The number of hydrogen-bond donors (Lipinski definition) is 1. The minimum atomic E-state index is -1.06. The predicted molar refractivity (Wildman–Crippen MR) is 131 cm³/mol. The van der Waals surface area contributed by atoms with E-state index in [4.69, 9.17) is 14.7 Å². The van der Waals surface area contributed by atoms with Gasteiger partial charge in [0.2, 0.25) is 0 Å². The molecular formula is C26H24N6O3. The van der Waals surface area contributed by atoms with E-state index >= 15 is 0 Å². The molecule has 35 heavy (non-hydrogen) atoms. The second-order valence-corrected chi connectivity index (χ2v) is 8.78. The topological polar surface area (TPSA) is 97.8 Å². The summed E-state index contributed by atoms with van der Waals surface area (Å²) >= 11 is 0. The number of carbonyl (C=O) groups is 1. The van der Waals surface area contributed by atoms with Crippen LogP contribution in [-0.2, 0) is 11.3 Å². The highest BCUT2D eigenvalue weighted by Crippen LogP contribution is 2.36. The zero-order valence-corrected chi connectivity index (χ0v) is 19.2. The molecule has 1 fully saturated rings. The summed E-state index contributed by atoms with van der Waals surface area (Å²) in [5.41, 5.74) is 3.95. The maximum atomic E-state index is 11.9. The van der Waals surface area contributed by atoms with Crippen LogP contribution in [0, 0.1) is 0 Å². The summed E-state index contributed by atoms with van der Waals surface area (Å²) in [6.07, 6.45) is 6.15. The fraction of sp³-hybridized carbons (Fsp3) is 0.231. The molecule has 9 nitrogen and oxygen atoms in total. The maximum Gasteiger partial charge on any atom is 0.341 e. The van der Waals surface area contributed by atoms with Crippen LogP contribution in [0.4, 0.5) is 5.82 Å². The Morgan fingerprint density at radius 1 is 1.17 bits per heavy atom. The van der Waals surface area contributed by atoms with Crippen molar-refractivity contribution in [3.8, 4) is 22.6 Å². The molecule has 0 spiro atoms. The average Bonchev–Trinajstić information content (AvgIpc) is 3.63. The quantitative estimate of drug-likeness (QED) is 0.402. The number of rotatable bonds is 6. The van der Waals surface area contributed by atoms with Gasteiger partial charge in [0.1, 0.15) is 17.2 Å². The lowest BCUT2D eigenvalue weighted by molar-refractivity contribution is 0.0698. The molecule has 9 heteroatoms. The minimum absolute atomic E-state index is 0.0585. The van der Waals surface area contributed by atoms with E-state index in [1.54, 1.807) is 4.52 Å². The number of nitrogens with zero attached hydrogens (tertiary/aromatic N) is 6. The molecule has 3 aliphatic heterocycles. The van der Waals surface area contributed by atoms with E-state index in [-0.39, 0.29) is 11.6 Å². The van der Waals surface area contributed by atoms with Crippen molar-refractivity contribution in [1.82, 2.24) is 24.1 Å². The van der Waals surface area contributed by atoms with Crippen LogP contribution >= 0.6 is 0 Å². The van der Waals surface area contributed by atoms with Gasteiger partial charge in [-0.1, -0.05) is 30.3 Å². The molecule has 3 aliphatic rings. The summed E-state index contributed by atoms with van der Waals surface area (Å²) in [6, 6.07) is 16.3. The Morgan fingerprint density at radius 2 is 2.03 bits per heavy atom. The summed E-state index contributed by atoms with van der Waals surface area (Å²) in [4.78, 5) is 23.4. The van der Waals surface area contributed by atoms with Crippen molar-refractivity contribution in [3.63, 3.8) is 0 Å². The largest absolute Gasteiger partial charge is 0.477 e. The summed E-state index contributed by atoms with van der Waals surface area (Å²) in [7, 11) is 1.96. The van der Waals surface area contributed by atoms with Gasteiger partial charge < -0.3 is 19.3 Å². The van der Waals surface area contributed by atoms with Gasteiger partial charge in [0, 0.05) is 49.8 Å².